The van der Waals surface area contributed by atoms with Gasteiger partial charge in [0.2, 0.25) is 5.91 Å². The van der Waals surface area contributed by atoms with E-state index in [2.05, 4.69) is 27.5 Å². The molecule has 0 spiro atoms. The van der Waals surface area contributed by atoms with E-state index >= 15 is 0 Å². The van der Waals surface area contributed by atoms with Gasteiger partial charge >= 0.3 is 0 Å². The molecule has 0 aromatic carbocycles. The average molecular weight is 274 g/mol. The van der Waals surface area contributed by atoms with Crippen LogP contribution in [-0.2, 0) is 4.79 Å². The van der Waals surface area contributed by atoms with Crippen molar-refractivity contribution in [3.63, 3.8) is 0 Å². The van der Waals surface area contributed by atoms with Gasteiger partial charge < -0.3 is 19.9 Å². The van der Waals surface area contributed by atoms with E-state index < -0.39 is 0 Å². The number of rotatable bonds is 4. The normalized spacial score (nSPS) is 15.4. The molecule has 1 aliphatic heterocycles. The van der Waals surface area contributed by atoms with Crippen molar-refractivity contribution < 1.29 is 4.79 Å². The molecule has 7 heteroatoms. The number of hydrogen-bond acceptors (Lipinski definition) is 5. The van der Waals surface area contributed by atoms with Crippen molar-refractivity contribution in [3.8, 4) is 0 Å². The summed E-state index contributed by atoms with van der Waals surface area (Å²) in [5, 5.41) is 6.10. The summed E-state index contributed by atoms with van der Waals surface area (Å²) in [5.74, 6) is 1.58. The highest BCUT2D eigenvalue weighted by Crippen LogP contribution is 2.21. The van der Waals surface area contributed by atoms with Gasteiger partial charge in [-0.1, -0.05) is 6.92 Å². The van der Waals surface area contributed by atoms with Crippen LogP contribution < -0.4 is 15.5 Å². The Balaban J connectivity index is 1.98. The van der Waals surface area contributed by atoms with E-state index in [-0.39, 0.29) is 5.91 Å². The van der Waals surface area contributed by atoms with Gasteiger partial charge in [-0.15, -0.1) is 0 Å². The Kier molecular flexibility index (Phi) is 3.41. The zero-order valence-electron chi connectivity index (χ0n) is 11.5. The summed E-state index contributed by atoms with van der Waals surface area (Å²) in [6.07, 6.45) is 6.59. The van der Waals surface area contributed by atoms with Gasteiger partial charge in [0.25, 0.3) is 0 Å². The molecule has 2 aromatic heterocycles. The number of hydrogen-bond donors (Lipinski definition) is 2. The number of aromatic nitrogens is 3. The summed E-state index contributed by atoms with van der Waals surface area (Å²) < 4.78 is 1.94. The first kappa shape index (κ1) is 12.7. The number of carbonyl (C=O) groups excluding carboxylic acids is 1. The van der Waals surface area contributed by atoms with E-state index in [0.717, 1.165) is 36.8 Å². The zero-order chi connectivity index (χ0) is 13.9. The van der Waals surface area contributed by atoms with Gasteiger partial charge in [-0.05, 0) is 6.42 Å². The fourth-order valence-corrected chi connectivity index (χ4v) is 2.28. The molecule has 3 heterocycles. The van der Waals surface area contributed by atoms with Crippen LogP contribution in [0.2, 0.25) is 0 Å². The molecule has 2 N–H and O–H groups in total. The summed E-state index contributed by atoms with van der Waals surface area (Å²) in [6.45, 7) is 4.69. The highest BCUT2D eigenvalue weighted by molar-refractivity contribution is 5.84. The summed E-state index contributed by atoms with van der Waals surface area (Å²) in [7, 11) is 0. The number of carbonyl (C=O) groups is 1. The molecular weight excluding hydrogens is 256 g/mol. The van der Waals surface area contributed by atoms with Gasteiger partial charge in [0.15, 0.2) is 11.5 Å². The van der Waals surface area contributed by atoms with E-state index in [4.69, 9.17) is 0 Å². The molecule has 1 amide bonds. The lowest BCUT2D eigenvalue weighted by Crippen LogP contribution is -2.48. The van der Waals surface area contributed by atoms with Crippen LogP contribution in [0.3, 0.4) is 0 Å². The van der Waals surface area contributed by atoms with Crippen molar-refractivity contribution in [2.75, 3.05) is 36.4 Å². The predicted octanol–water partition coefficient (Wildman–Crippen LogP) is 0.487. The summed E-state index contributed by atoms with van der Waals surface area (Å²) in [4.78, 5) is 22.5. The minimum atomic E-state index is 0.0228. The molecule has 7 nitrogen and oxygen atoms in total. The minimum Gasteiger partial charge on any atom is -0.369 e. The van der Waals surface area contributed by atoms with Crippen LogP contribution in [-0.4, -0.2) is 46.5 Å². The zero-order valence-corrected chi connectivity index (χ0v) is 11.5. The Labute approximate surface area is 117 Å². The third-order valence-corrected chi connectivity index (χ3v) is 3.25. The van der Waals surface area contributed by atoms with Crippen molar-refractivity contribution in [2.24, 2.45) is 0 Å². The van der Waals surface area contributed by atoms with Gasteiger partial charge in [-0.2, -0.15) is 0 Å². The second-order valence-corrected chi connectivity index (χ2v) is 4.81. The molecular formula is C13H18N6O. The molecule has 3 rings (SSSR count). The van der Waals surface area contributed by atoms with Crippen molar-refractivity contribution in [1.29, 1.82) is 0 Å². The molecule has 0 saturated carbocycles. The van der Waals surface area contributed by atoms with E-state index in [1.807, 2.05) is 21.7 Å². The number of nitrogens with zero attached hydrogens (tertiary/aromatic N) is 4. The first-order valence-corrected chi connectivity index (χ1v) is 6.87. The van der Waals surface area contributed by atoms with Gasteiger partial charge in [0.05, 0.1) is 12.7 Å². The summed E-state index contributed by atoms with van der Waals surface area (Å²) in [5.41, 5.74) is 0.779. The first-order valence-electron chi connectivity index (χ1n) is 6.87. The van der Waals surface area contributed by atoms with Crippen LogP contribution in [0.15, 0.2) is 18.6 Å². The van der Waals surface area contributed by atoms with Gasteiger partial charge in [-0.3, -0.25) is 4.79 Å². The number of nitrogens with one attached hydrogen (secondary N) is 2. The molecule has 0 aliphatic carbocycles. The number of imidazole rings is 1. The fourth-order valence-electron chi connectivity index (χ4n) is 2.28. The maximum Gasteiger partial charge on any atom is 0.239 e. The summed E-state index contributed by atoms with van der Waals surface area (Å²) in [6, 6.07) is 0. The lowest BCUT2D eigenvalue weighted by Gasteiger charge is -2.28. The van der Waals surface area contributed by atoms with Crippen LogP contribution in [0.5, 0.6) is 0 Å². The van der Waals surface area contributed by atoms with Crippen molar-refractivity contribution >= 4 is 23.2 Å². The second kappa shape index (κ2) is 5.36. The number of amides is 1. The van der Waals surface area contributed by atoms with Crippen LogP contribution in [0.4, 0.5) is 11.6 Å². The molecule has 2 aromatic rings. The Morgan fingerprint density at radius 1 is 1.50 bits per heavy atom. The Hall–Kier alpha value is -2.31. The first-order chi connectivity index (χ1) is 9.78. The molecule has 106 valence electrons. The standard InChI is InChI=1S/C13H18N6O/c1-2-3-14-10-8-18-7-5-16-12(18)13(17-10)19-6-4-15-11(20)9-19/h5,7-8,14H,2-4,6,9H2,1H3,(H,15,20). The molecule has 1 saturated heterocycles. The van der Waals surface area contributed by atoms with Gasteiger partial charge in [-0.25, -0.2) is 9.97 Å². The van der Waals surface area contributed by atoms with Gasteiger partial charge in [0, 0.05) is 32.0 Å². The predicted molar refractivity (Wildman–Crippen MR) is 77.0 cm³/mol. The Bertz CT molecular complexity index is 622. The number of anilines is 2. The molecule has 1 aliphatic rings. The topological polar surface area (TPSA) is 74.6 Å². The van der Waals surface area contributed by atoms with Crippen LogP contribution >= 0.6 is 0 Å². The fraction of sp³-hybridized carbons (Fsp3) is 0.462. The average Bonchev–Trinajstić information content (AvgIpc) is 2.92. The third kappa shape index (κ3) is 2.38. The molecule has 0 radical (unpaired) electrons. The van der Waals surface area contributed by atoms with Crippen LogP contribution in [0.1, 0.15) is 13.3 Å². The molecule has 0 unspecified atom stereocenters. The molecule has 0 atom stereocenters. The van der Waals surface area contributed by atoms with E-state index in [0.29, 0.717) is 13.1 Å². The van der Waals surface area contributed by atoms with Crippen molar-refractivity contribution in [3.05, 3.63) is 18.6 Å². The summed E-state index contributed by atoms with van der Waals surface area (Å²) >= 11 is 0. The maximum absolute atomic E-state index is 11.6. The highest BCUT2D eigenvalue weighted by Gasteiger charge is 2.21. The van der Waals surface area contributed by atoms with E-state index in [9.17, 15) is 4.79 Å². The largest absolute Gasteiger partial charge is 0.369 e. The number of piperazine rings is 1. The van der Waals surface area contributed by atoms with Gasteiger partial charge in [0.1, 0.15) is 5.82 Å². The van der Waals surface area contributed by atoms with Crippen LogP contribution in [0.25, 0.3) is 5.65 Å². The quantitative estimate of drug-likeness (QED) is 0.848. The Morgan fingerprint density at radius 2 is 2.40 bits per heavy atom. The van der Waals surface area contributed by atoms with E-state index in [1.54, 1.807) is 6.20 Å². The minimum absolute atomic E-state index is 0.0228. The Morgan fingerprint density at radius 3 is 3.20 bits per heavy atom. The molecule has 0 bridgehead atoms. The second-order valence-electron chi connectivity index (χ2n) is 4.81. The SMILES string of the molecule is CCCNc1cn2ccnc2c(N2CCNC(=O)C2)n1. The monoisotopic (exact) mass is 274 g/mol. The van der Waals surface area contributed by atoms with Crippen molar-refractivity contribution in [2.45, 2.75) is 13.3 Å². The number of fused-ring (bicyclic) bond motifs is 1. The van der Waals surface area contributed by atoms with E-state index in [1.165, 1.54) is 0 Å². The smallest absolute Gasteiger partial charge is 0.239 e. The highest BCUT2D eigenvalue weighted by atomic mass is 16.2. The molecule has 20 heavy (non-hydrogen) atoms. The molecule has 1 fully saturated rings. The van der Waals surface area contributed by atoms with Crippen molar-refractivity contribution in [1.82, 2.24) is 19.7 Å². The lowest BCUT2D eigenvalue weighted by molar-refractivity contribution is -0.120. The lowest BCUT2D eigenvalue weighted by atomic mass is 10.3. The maximum atomic E-state index is 11.6. The van der Waals surface area contributed by atoms with Crippen LogP contribution in [0, 0.1) is 0 Å². The third-order valence-electron chi connectivity index (χ3n) is 3.25.